The highest BCUT2D eigenvalue weighted by atomic mass is 16.5. The first kappa shape index (κ1) is 18.4. The topological polar surface area (TPSA) is 55.2 Å². The van der Waals surface area contributed by atoms with Crippen LogP contribution in [0.15, 0.2) is 51.7 Å². The Bertz CT molecular complexity index is 1050. The number of hydrogen-bond donors (Lipinski definition) is 0. The summed E-state index contributed by atoms with van der Waals surface area (Å²) in [6, 6.07) is 13.3. The number of ether oxygens (including phenoxy) is 2. The molecule has 1 saturated heterocycles. The Labute approximate surface area is 163 Å². The van der Waals surface area contributed by atoms with Gasteiger partial charge in [0.2, 0.25) is 0 Å². The molecule has 0 N–H and O–H groups in total. The Balaban J connectivity index is 1.71. The molecule has 146 valence electrons. The first-order valence-corrected chi connectivity index (χ1v) is 9.33. The average Bonchev–Trinajstić information content (AvgIpc) is 2.73. The number of hydrogen-bond acceptors (Lipinski definition) is 6. The normalized spacial score (nSPS) is 15.0. The van der Waals surface area contributed by atoms with Gasteiger partial charge in [0, 0.05) is 43.3 Å². The molecule has 0 bridgehead atoms. The Morgan fingerprint density at radius 3 is 2.36 bits per heavy atom. The molecule has 2 heterocycles. The van der Waals surface area contributed by atoms with Gasteiger partial charge in [-0.05, 0) is 42.9 Å². The van der Waals surface area contributed by atoms with Crippen molar-refractivity contribution in [1.29, 1.82) is 0 Å². The molecule has 0 spiro atoms. The van der Waals surface area contributed by atoms with E-state index in [1.54, 1.807) is 26.4 Å². The summed E-state index contributed by atoms with van der Waals surface area (Å²) in [4.78, 5) is 17.3. The maximum atomic E-state index is 12.7. The van der Waals surface area contributed by atoms with Gasteiger partial charge >= 0.3 is 5.63 Å². The highest BCUT2D eigenvalue weighted by molar-refractivity contribution is 5.84. The molecule has 1 aromatic heterocycles. The fourth-order valence-electron chi connectivity index (χ4n) is 3.57. The molecule has 0 atom stereocenters. The van der Waals surface area contributed by atoms with Crippen molar-refractivity contribution in [2.75, 3.05) is 52.3 Å². The molecule has 0 unspecified atom stereocenters. The van der Waals surface area contributed by atoms with Gasteiger partial charge in [0.1, 0.15) is 5.58 Å². The largest absolute Gasteiger partial charge is 0.493 e. The van der Waals surface area contributed by atoms with E-state index < -0.39 is 0 Å². The van der Waals surface area contributed by atoms with Gasteiger partial charge in [-0.1, -0.05) is 6.07 Å². The number of methoxy groups -OCH3 is 2. The first-order chi connectivity index (χ1) is 13.6. The fourth-order valence-corrected chi connectivity index (χ4v) is 3.57. The zero-order valence-electron chi connectivity index (χ0n) is 16.4. The highest BCUT2D eigenvalue weighted by Gasteiger charge is 2.16. The lowest BCUT2D eigenvalue weighted by Crippen LogP contribution is -2.44. The van der Waals surface area contributed by atoms with Gasteiger partial charge in [-0.2, -0.15) is 0 Å². The second-order valence-electron chi connectivity index (χ2n) is 7.03. The maximum absolute atomic E-state index is 12.7. The molecule has 28 heavy (non-hydrogen) atoms. The van der Waals surface area contributed by atoms with Crippen molar-refractivity contribution in [3.05, 3.63) is 52.9 Å². The predicted molar refractivity (Wildman–Crippen MR) is 111 cm³/mol. The molecule has 2 aromatic carbocycles. The molecule has 6 nitrogen and oxygen atoms in total. The van der Waals surface area contributed by atoms with Crippen LogP contribution in [0.25, 0.3) is 22.1 Å². The third kappa shape index (κ3) is 3.43. The van der Waals surface area contributed by atoms with Crippen molar-refractivity contribution in [3.8, 4) is 22.6 Å². The lowest BCUT2D eigenvalue weighted by molar-refractivity contribution is 0.313. The molecule has 4 rings (SSSR count). The van der Waals surface area contributed by atoms with E-state index in [4.69, 9.17) is 13.9 Å². The van der Waals surface area contributed by atoms with Crippen LogP contribution in [0.4, 0.5) is 5.69 Å². The van der Waals surface area contributed by atoms with E-state index in [2.05, 4.69) is 22.9 Å². The van der Waals surface area contributed by atoms with E-state index in [1.807, 2.05) is 24.3 Å². The minimum Gasteiger partial charge on any atom is -0.493 e. The molecule has 1 fully saturated rings. The van der Waals surface area contributed by atoms with Crippen molar-refractivity contribution in [1.82, 2.24) is 4.90 Å². The number of fused-ring (bicyclic) bond motifs is 1. The van der Waals surface area contributed by atoms with E-state index in [1.165, 1.54) is 0 Å². The summed E-state index contributed by atoms with van der Waals surface area (Å²) in [5, 5.41) is 0.891. The minimum absolute atomic E-state index is 0.366. The van der Waals surface area contributed by atoms with Crippen LogP contribution in [-0.2, 0) is 0 Å². The van der Waals surface area contributed by atoms with E-state index in [9.17, 15) is 4.79 Å². The summed E-state index contributed by atoms with van der Waals surface area (Å²) in [6.45, 7) is 3.99. The Kier molecular flexibility index (Phi) is 4.96. The molecule has 0 aliphatic carbocycles. The van der Waals surface area contributed by atoms with Crippen molar-refractivity contribution < 1.29 is 13.9 Å². The van der Waals surface area contributed by atoms with Crippen LogP contribution in [0.2, 0.25) is 0 Å². The number of piperazine rings is 1. The molecule has 6 heteroatoms. The molecule has 3 aromatic rings. The van der Waals surface area contributed by atoms with Gasteiger partial charge in [-0.15, -0.1) is 0 Å². The molecule has 1 aliphatic heterocycles. The lowest BCUT2D eigenvalue weighted by atomic mass is 10.0. The summed E-state index contributed by atoms with van der Waals surface area (Å²) >= 11 is 0. The molecular weight excluding hydrogens is 356 g/mol. The van der Waals surface area contributed by atoms with Crippen LogP contribution in [0.3, 0.4) is 0 Å². The smallest absolute Gasteiger partial charge is 0.344 e. The van der Waals surface area contributed by atoms with Gasteiger partial charge in [0.15, 0.2) is 11.5 Å². The Morgan fingerprint density at radius 1 is 0.893 bits per heavy atom. The first-order valence-electron chi connectivity index (χ1n) is 9.33. The fraction of sp³-hybridized carbons (Fsp3) is 0.318. The van der Waals surface area contributed by atoms with E-state index in [-0.39, 0.29) is 5.63 Å². The molecular formula is C22H24N2O4. The number of nitrogens with zero attached hydrogens (tertiary/aromatic N) is 2. The Morgan fingerprint density at radius 2 is 1.64 bits per heavy atom. The van der Waals surface area contributed by atoms with Gasteiger partial charge < -0.3 is 23.7 Å². The van der Waals surface area contributed by atoms with Gasteiger partial charge in [-0.3, -0.25) is 0 Å². The quantitative estimate of drug-likeness (QED) is 0.648. The molecule has 0 radical (unpaired) electrons. The zero-order chi connectivity index (χ0) is 19.7. The van der Waals surface area contributed by atoms with E-state index in [0.717, 1.165) is 42.8 Å². The summed E-state index contributed by atoms with van der Waals surface area (Å²) < 4.78 is 16.3. The monoisotopic (exact) mass is 380 g/mol. The van der Waals surface area contributed by atoms with Crippen LogP contribution < -0.4 is 20.0 Å². The van der Waals surface area contributed by atoms with Crippen LogP contribution in [-0.4, -0.2) is 52.3 Å². The third-order valence-corrected chi connectivity index (χ3v) is 5.28. The molecule has 0 amide bonds. The SMILES string of the molecule is COc1ccc(-c2cc3ccc(N4CCN(C)CC4)cc3oc2=O)cc1OC. The van der Waals surface area contributed by atoms with Crippen molar-refractivity contribution in [3.63, 3.8) is 0 Å². The average molecular weight is 380 g/mol. The second kappa shape index (κ2) is 7.56. The number of likely N-dealkylation sites (N-methyl/N-ethyl adjacent to an activating group) is 1. The zero-order valence-corrected chi connectivity index (χ0v) is 16.4. The summed E-state index contributed by atoms with van der Waals surface area (Å²) in [5.74, 6) is 1.19. The number of rotatable bonds is 4. The lowest BCUT2D eigenvalue weighted by Gasteiger charge is -2.34. The van der Waals surface area contributed by atoms with Gasteiger partial charge in [0.25, 0.3) is 0 Å². The third-order valence-electron chi connectivity index (χ3n) is 5.28. The summed E-state index contributed by atoms with van der Waals surface area (Å²) in [6.07, 6.45) is 0. The second-order valence-corrected chi connectivity index (χ2v) is 7.03. The van der Waals surface area contributed by atoms with Crippen molar-refractivity contribution in [2.45, 2.75) is 0 Å². The van der Waals surface area contributed by atoms with E-state index >= 15 is 0 Å². The van der Waals surface area contributed by atoms with Crippen LogP contribution in [0.1, 0.15) is 0 Å². The van der Waals surface area contributed by atoms with Crippen molar-refractivity contribution >= 4 is 16.7 Å². The molecule has 1 aliphatic rings. The Hall–Kier alpha value is -2.99. The maximum Gasteiger partial charge on any atom is 0.344 e. The van der Waals surface area contributed by atoms with Crippen LogP contribution >= 0.6 is 0 Å². The summed E-state index contributed by atoms with van der Waals surface area (Å²) in [7, 11) is 5.29. The molecule has 0 saturated carbocycles. The highest BCUT2D eigenvalue weighted by Crippen LogP contribution is 2.32. The van der Waals surface area contributed by atoms with Crippen molar-refractivity contribution in [2.24, 2.45) is 0 Å². The van der Waals surface area contributed by atoms with Gasteiger partial charge in [0.05, 0.1) is 19.8 Å². The number of anilines is 1. The standard InChI is InChI=1S/C22H24N2O4/c1-23-8-10-24(11-9-23)17-6-4-16-12-18(22(25)28-20(16)14-17)15-5-7-19(26-2)21(13-15)27-3/h4-7,12-14H,8-11H2,1-3H3. The number of benzene rings is 2. The minimum atomic E-state index is -0.366. The van der Waals surface area contributed by atoms with Crippen LogP contribution in [0.5, 0.6) is 11.5 Å². The van der Waals surface area contributed by atoms with Gasteiger partial charge in [-0.25, -0.2) is 4.79 Å². The summed E-state index contributed by atoms with van der Waals surface area (Å²) in [5.41, 5.74) is 2.56. The van der Waals surface area contributed by atoms with E-state index in [0.29, 0.717) is 22.6 Å². The van der Waals surface area contributed by atoms with Crippen LogP contribution in [0, 0.1) is 0 Å². The predicted octanol–water partition coefficient (Wildman–Crippen LogP) is 3.23.